The number of carbonyl (C=O) groups excluding carboxylic acids is 1. The maximum atomic E-state index is 12.6. The Balaban J connectivity index is 2.29. The first-order valence-electron chi connectivity index (χ1n) is 6.76. The molecule has 102 valence electrons. The number of likely N-dealkylation sites (tertiary alicyclic amines) is 1. The quantitative estimate of drug-likeness (QED) is 0.908. The molecule has 0 unspecified atom stereocenters. The molecule has 0 radical (unpaired) electrons. The number of carboxylic acids is 1. The second-order valence-corrected chi connectivity index (χ2v) is 4.86. The number of aryl methyl sites for hydroxylation is 1. The Morgan fingerprint density at radius 1 is 1.32 bits per heavy atom. The Hall–Kier alpha value is -1.84. The van der Waals surface area contributed by atoms with Crippen LogP contribution >= 0.6 is 0 Å². The van der Waals surface area contributed by atoms with E-state index in [0.717, 1.165) is 24.8 Å². The van der Waals surface area contributed by atoms with Gasteiger partial charge in [-0.1, -0.05) is 25.1 Å². The van der Waals surface area contributed by atoms with Gasteiger partial charge < -0.3 is 10.0 Å². The smallest absolute Gasteiger partial charge is 0.326 e. The second-order valence-electron chi connectivity index (χ2n) is 4.86. The molecule has 1 aromatic carbocycles. The van der Waals surface area contributed by atoms with Crippen molar-refractivity contribution >= 4 is 11.9 Å². The molecule has 1 aliphatic rings. The SMILES string of the molecule is CCc1ccccc1C(=O)N1CCCC[C@@H]1C(=O)O. The molecule has 0 saturated carbocycles. The predicted octanol–water partition coefficient (Wildman–Crippen LogP) is 2.33. The van der Waals surface area contributed by atoms with E-state index in [1.54, 1.807) is 6.07 Å². The van der Waals surface area contributed by atoms with Gasteiger partial charge in [0, 0.05) is 12.1 Å². The van der Waals surface area contributed by atoms with Gasteiger partial charge in [-0.05, 0) is 37.3 Å². The van der Waals surface area contributed by atoms with Crippen LogP contribution < -0.4 is 0 Å². The van der Waals surface area contributed by atoms with Gasteiger partial charge in [-0.15, -0.1) is 0 Å². The van der Waals surface area contributed by atoms with Crippen molar-refractivity contribution in [3.8, 4) is 0 Å². The van der Waals surface area contributed by atoms with E-state index in [-0.39, 0.29) is 5.91 Å². The van der Waals surface area contributed by atoms with Crippen LogP contribution in [0.25, 0.3) is 0 Å². The molecule has 19 heavy (non-hydrogen) atoms. The van der Waals surface area contributed by atoms with Gasteiger partial charge in [-0.3, -0.25) is 4.79 Å². The first-order chi connectivity index (χ1) is 9.15. The normalized spacial score (nSPS) is 19.2. The predicted molar refractivity (Wildman–Crippen MR) is 72.1 cm³/mol. The molecule has 1 saturated heterocycles. The monoisotopic (exact) mass is 261 g/mol. The Labute approximate surface area is 113 Å². The fourth-order valence-corrected chi connectivity index (χ4v) is 2.62. The Morgan fingerprint density at radius 3 is 2.74 bits per heavy atom. The number of benzene rings is 1. The number of carboxylic acid groups (broad SMARTS) is 1. The molecule has 0 spiro atoms. The lowest BCUT2D eigenvalue weighted by atomic mass is 9.98. The summed E-state index contributed by atoms with van der Waals surface area (Å²) >= 11 is 0. The Morgan fingerprint density at radius 2 is 2.05 bits per heavy atom. The summed E-state index contributed by atoms with van der Waals surface area (Å²) in [6, 6.07) is 6.76. The summed E-state index contributed by atoms with van der Waals surface area (Å²) in [5, 5.41) is 9.24. The molecule has 4 heteroatoms. The molecule has 1 aliphatic heterocycles. The molecule has 0 aromatic heterocycles. The molecule has 0 bridgehead atoms. The molecule has 1 aromatic rings. The minimum Gasteiger partial charge on any atom is -0.480 e. The lowest BCUT2D eigenvalue weighted by Gasteiger charge is -2.33. The van der Waals surface area contributed by atoms with Gasteiger partial charge in [0.05, 0.1) is 0 Å². The van der Waals surface area contributed by atoms with Crippen molar-refractivity contribution in [1.82, 2.24) is 4.90 Å². The number of carbonyl (C=O) groups is 2. The van der Waals surface area contributed by atoms with Crippen LogP contribution in [0.3, 0.4) is 0 Å². The average Bonchev–Trinajstić information content (AvgIpc) is 2.46. The fraction of sp³-hybridized carbons (Fsp3) is 0.467. The van der Waals surface area contributed by atoms with Crippen molar-refractivity contribution in [3.63, 3.8) is 0 Å². The lowest BCUT2D eigenvalue weighted by Crippen LogP contribution is -2.48. The molecule has 1 fully saturated rings. The zero-order chi connectivity index (χ0) is 13.8. The highest BCUT2D eigenvalue weighted by Gasteiger charge is 2.32. The van der Waals surface area contributed by atoms with E-state index in [2.05, 4.69) is 0 Å². The van der Waals surface area contributed by atoms with Crippen molar-refractivity contribution in [1.29, 1.82) is 0 Å². The van der Waals surface area contributed by atoms with E-state index in [0.29, 0.717) is 18.5 Å². The second kappa shape index (κ2) is 5.87. The first-order valence-corrected chi connectivity index (χ1v) is 6.76. The number of aliphatic carboxylic acids is 1. The number of hydrogen-bond acceptors (Lipinski definition) is 2. The summed E-state index contributed by atoms with van der Waals surface area (Å²) in [5.74, 6) is -1.05. The summed E-state index contributed by atoms with van der Waals surface area (Å²) in [6.07, 6.45) is 3.07. The van der Waals surface area contributed by atoms with Crippen molar-refractivity contribution in [3.05, 3.63) is 35.4 Å². The topological polar surface area (TPSA) is 57.6 Å². The summed E-state index contributed by atoms with van der Waals surface area (Å²) in [4.78, 5) is 25.3. The van der Waals surface area contributed by atoms with Crippen LogP contribution in [0.4, 0.5) is 0 Å². The zero-order valence-corrected chi connectivity index (χ0v) is 11.1. The largest absolute Gasteiger partial charge is 0.480 e. The fourth-order valence-electron chi connectivity index (χ4n) is 2.62. The van der Waals surface area contributed by atoms with Crippen LogP contribution in [0.15, 0.2) is 24.3 Å². The molecule has 2 rings (SSSR count). The van der Waals surface area contributed by atoms with Crippen LogP contribution in [0.2, 0.25) is 0 Å². The number of nitrogens with zero attached hydrogens (tertiary/aromatic N) is 1. The molecule has 1 heterocycles. The summed E-state index contributed by atoms with van der Waals surface area (Å²) in [7, 11) is 0. The highest BCUT2D eigenvalue weighted by Crippen LogP contribution is 2.21. The van der Waals surface area contributed by atoms with Gasteiger partial charge in [0.1, 0.15) is 6.04 Å². The Kier molecular flexibility index (Phi) is 4.20. The van der Waals surface area contributed by atoms with Gasteiger partial charge >= 0.3 is 5.97 Å². The van der Waals surface area contributed by atoms with Gasteiger partial charge in [0.2, 0.25) is 0 Å². The van der Waals surface area contributed by atoms with Gasteiger partial charge in [0.25, 0.3) is 5.91 Å². The third kappa shape index (κ3) is 2.78. The van der Waals surface area contributed by atoms with E-state index < -0.39 is 12.0 Å². The van der Waals surface area contributed by atoms with E-state index in [9.17, 15) is 14.7 Å². The number of hydrogen-bond donors (Lipinski definition) is 1. The van der Waals surface area contributed by atoms with Crippen LogP contribution in [-0.4, -0.2) is 34.5 Å². The van der Waals surface area contributed by atoms with Crippen LogP contribution in [0, 0.1) is 0 Å². The number of amides is 1. The standard InChI is InChI=1S/C15H19NO3/c1-2-11-7-3-4-8-12(11)14(17)16-10-6-5-9-13(16)15(18)19/h3-4,7-8,13H,2,5-6,9-10H2,1H3,(H,18,19)/t13-/m1/s1. The minimum absolute atomic E-state index is 0.149. The molecule has 4 nitrogen and oxygen atoms in total. The Bertz CT molecular complexity index is 484. The summed E-state index contributed by atoms with van der Waals surface area (Å²) in [6.45, 7) is 2.53. The highest BCUT2D eigenvalue weighted by molar-refractivity contribution is 5.98. The van der Waals surface area contributed by atoms with Crippen molar-refractivity contribution < 1.29 is 14.7 Å². The minimum atomic E-state index is -0.901. The molecule has 1 amide bonds. The van der Waals surface area contributed by atoms with Crippen molar-refractivity contribution in [2.45, 2.75) is 38.6 Å². The molecule has 1 N–H and O–H groups in total. The summed E-state index contributed by atoms with van der Waals surface area (Å²) in [5.41, 5.74) is 1.61. The van der Waals surface area contributed by atoms with Crippen molar-refractivity contribution in [2.24, 2.45) is 0 Å². The average molecular weight is 261 g/mol. The number of rotatable bonds is 3. The lowest BCUT2D eigenvalue weighted by molar-refractivity contribution is -0.143. The van der Waals surface area contributed by atoms with Gasteiger partial charge in [0.15, 0.2) is 0 Å². The molecule has 1 atom stereocenters. The van der Waals surface area contributed by atoms with Crippen LogP contribution in [0.5, 0.6) is 0 Å². The molecular weight excluding hydrogens is 242 g/mol. The molecular formula is C15H19NO3. The zero-order valence-electron chi connectivity index (χ0n) is 11.1. The van der Waals surface area contributed by atoms with E-state index in [4.69, 9.17) is 0 Å². The third-order valence-electron chi connectivity index (χ3n) is 3.68. The maximum absolute atomic E-state index is 12.6. The third-order valence-corrected chi connectivity index (χ3v) is 3.68. The van der Waals surface area contributed by atoms with Crippen molar-refractivity contribution in [2.75, 3.05) is 6.54 Å². The maximum Gasteiger partial charge on any atom is 0.326 e. The highest BCUT2D eigenvalue weighted by atomic mass is 16.4. The summed E-state index contributed by atoms with van der Waals surface area (Å²) < 4.78 is 0. The van der Waals surface area contributed by atoms with Crippen LogP contribution in [-0.2, 0) is 11.2 Å². The van der Waals surface area contributed by atoms with E-state index in [1.807, 2.05) is 25.1 Å². The molecule has 0 aliphatic carbocycles. The van der Waals surface area contributed by atoms with Gasteiger partial charge in [-0.2, -0.15) is 0 Å². The first kappa shape index (κ1) is 13.6. The van der Waals surface area contributed by atoms with Crippen LogP contribution in [0.1, 0.15) is 42.1 Å². The number of piperidine rings is 1. The van der Waals surface area contributed by atoms with Gasteiger partial charge in [-0.25, -0.2) is 4.79 Å². The van der Waals surface area contributed by atoms with E-state index in [1.165, 1.54) is 4.90 Å². The van der Waals surface area contributed by atoms with E-state index >= 15 is 0 Å².